The second-order valence-electron chi connectivity index (χ2n) is 1.38. The highest BCUT2D eigenvalue weighted by Crippen LogP contribution is 2.37. The maximum Gasteiger partial charge on any atom is 0.448 e. The molecular formula is C3H3ClF4MgO2. The van der Waals surface area contributed by atoms with Gasteiger partial charge in [-0.2, -0.15) is 13.2 Å². The van der Waals surface area contributed by atoms with Crippen LogP contribution in [0.15, 0.2) is 0 Å². The van der Waals surface area contributed by atoms with Crippen LogP contribution in [0.2, 0.25) is 0 Å². The van der Waals surface area contributed by atoms with Crippen molar-refractivity contribution in [3.63, 3.8) is 0 Å². The van der Waals surface area contributed by atoms with Crippen molar-refractivity contribution in [2.24, 2.45) is 0 Å². The molecule has 0 spiro atoms. The number of hydrogen-bond donors (Lipinski definition) is 1. The zero-order valence-electron chi connectivity index (χ0n) is 4.25. The van der Waals surface area contributed by atoms with Crippen molar-refractivity contribution in [2.75, 3.05) is 0 Å². The Bertz CT molecular complexity index is 156. The first-order chi connectivity index (χ1) is 4.19. The Hall–Kier alpha value is 0.246. The first-order valence-corrected chi connectivity index (χ1v) is 2.25. The van der Waals surface area contributed by atoms with Crippen LogP contribution in [0, 0.1) is 0 Å². The molecule has 0 aromatic carbocycles. The number of halogens is 5. The molecule has 0 aromatic rings. The number of hydrogen-bond acceptors (Lipinski definition) is 1. The van der Waals surface area contributed by atoms with E-state index < -0.39 is 17.3 Å². The van der Waals surface area contributed by atoms with Crippen LogP contribution in [-0.2, 0) is 4.79 Å². The van der Waals surface area contributed by atoms with Gasteiger partial charge in [0.15, 0.2) is 0 Å². The molecule has 0 heterocycles. The van der Waals surface area contributed by atoms with Gasteiger partial charge >= 0.3 is 40.3 Å². The van der Waals surface area contributed by atoms with E-state index in [1.807, 2.05) is 0 Å². The summed E-state index contributed by atoms with van der Waals surface area (Å²) in [6.45, 7) is 0. The van der Waals surface area contributed by atoms with E-state index in [1.54, 1.807) is 0 Å². The zero-order chi connectivity index (χ0) is 8.58. The van der Waals surface area contributed by atoms with Crippen LogP contribution >= 0.6 is 11.6 Å². The molecule has 0 saturated heterocycles. The second kappa shape index (κ2) is 3.77. The fourth-order valence-electron chi connectivity index (χ4n) is 0.121. The summed E-state index contributed by atoms with van der Waals surface area (Å²) in [6.07, 6.45) is -5.58. The molecule has 0 aliphatic carbocycles. The lowest BCUT2D eigenvalue weighted by Crippen LogP contribution is -2.42. The highest BCUT2D eigenvalue weighted by atomic mass is 35.5. The van der Waals surface area contributed by atoms with Crippen molar-refractivity contribution in [3.8, 4) is 0 Å². The van der Waals surface area contributed by atoms with Gasteiger partial charge < -0.3 is 5.11 Å². The van der Waals surface area contributed by atoms with Gasteiger partial charge in [0.05, 0.1) is 0 Å². The summed E-state index contributed by atoms with van der Waals surface area (Å²) in [4.78, 5) is 9.44. The third kappa shape index (κ3) is 3.00. The average Bonchev–Trinajstić information content (AvgIpc) is 1.62. The van der Waals surface area contributed by atoms with E-state index in [1.165, 1.54) is 0 Å². The van der Waals surface area contributed by atoms with E-state index in [4.69, 9.17) is 5.11 Å². The maximum absolute atomic E-state index is 11.8. The topological polar surface area (TPSA) is 37.3 Å². The van der Waals surface area contributed by atoms with Gasteiger partial charge in [-0.1, -0.05) is 11.6 Å². The fraction of sp³-hybridized carbons (Fsp3) is 0.667. The Morgan fingerprint density at radius 1 is 1.27 bits per heavy atom. The normalized spacial score (nSPS) is 16.5. The Morgan fingerprint density at radius 2 is 1.55 bits per heavy atom. The molecule has 2 nitrogen and oxygen atoms in total. The monoisotopic (exact) mass is 206 g/mol. The molecule has 0 fully saturated rings. The quantitative estimate of drug-likeness (QED) is 0.388. The highest BCUT2D eigenvalue weighted by Gasteiger charge is 2.61. The molecule has 8 heteroatoms. The second-order valence-corrected chi connectivity index (χ2v) is 1.90. The number of alkyl halides is 5. The summed E-state index contributed by atoms with van der Waals surface area (Å²) < 4.78 is 45.3. The summed E-state index contributed by atoms with van der Waals surface area (Å²) in [7, 11) is 0. The molecule has 1 unspecified atom stereocenters. The van der Waals surface area contributed by atoms with Crippen molar-refractivity contribution in [2.45, 2.75) is 11.3 Å². The molecule has 0 aliphatic rings. The van der Waals surface area contributed by atoms with E-state index in [-0.39, 0.29) is 23.1 Å². The maximum atomic E-state index is 11.8. The van der Waals surface area contributed by atoms with Crippen molar-refractivity contribution in [3.05, 3.63) is 0 Å². The van der Waals surface area contributed by atoms with Gasteiger partial charge in [0, 0.05) is 0 Å². The molecule has 0 saturated carbocycles. The molecule has 0 radical (unpaired) electrons. The Kier molecular flexibility index (Phi) is 4.73. The number of aliphatic carboxylic acids is 1. The van der Waals surface area contributed by atoms with Crippen LogP contribution in [-0.4, -0.2) is 45.4 Å². The van der Waals surface area contributed by atoms with Crippen LogP contribution in [0.4, 0.5) is 17.6 Å². The van der Waals surface area contributed by atoms with Crippen molar-refractivity contribution >= 4 is 40.6 Å². The van der Waals surface area contributed by atoms with Crippen molar-refractivity contribution in [1.82, 2.24) is 0 Å². The lowest BCUT2D eigenvalue weighted by Gasteiger charge is -2.15. The summed E-state index contributed by atoms with van der Waals surface area (Å²) in [5.74, 6) is -2.76. The molecular weight excluding hydrogens is 204 g/mol. The largest absolute Gasteiger partial charge is 0.478 e. The van der Waals surface area contributed by atoms with Crippen LogP contribution in [0.3, 0.4) is 0 Å². The predicted octanol–water partition coefficient (Wildman–Crippen LogP) is 0.622. The van der Waals surface area contributed by atoms with Crippen molar-refractivity contribution in [1.29, 1.82) is 0 Å². The van der Waals surface area contributed by atoms with Crippen molar-refractivity contribution < 1.29 is 27.5 Å². The van der Waals surface area contributed by atoms with E-state index in [0.717, 1.165) is 0 Å². The van der Waals surface area contributed by atoms with Gasteiger partial charge in [-0.15, -0.1) is 0 Å². The number of carbonyl (C=O) groups is 1. The number of carboxylic acids is 1. The minimum atomic E-state index is -5.58. The SMILES string of the molecule is O=C(O)C(F)(Cl)C(F)(F)F.[MgH2]. The summed E-state index contributed by atoms with van der Waals surface area (Å²) >= 11 is 3.96. The van der Waals surface area contributed by atoms with E-state index in [0.29, 0.717) is 0 Å². The van der Waals surface area contributed by atoms with Gasteiger partial charge in [-0.25, -0.2) is 9.18 Å². The third-order valence-corrected chi connectivity index (χ3v) is 1.00. The zero-order valence-corrected chi connectivity index (χ0v) is 5.00. The lowest BCUT2D eigenvalue weighted by molar-refractivity contribution is -0.210. The summed E-state index contributed by atoms with van der Waals surface area (Å²) in [6, 6.07) is 0. The molecule has 0 amide bonds. The smallest absolute Gasteiger partial charge is 0.448 e. The summed E-state index contributed by atoms with van der Waals surface area (Å²) in [5.41, 5.74) is 0. The molecule has 0 aromatic heterocycles. The predicted molar refractivity (Wildman–Crippen MR) is 31.9 cm³/mol. The molecule has 0 rings (SSSR count). The van der Waals surface area contributed by atoms with Gasteiger partial charge in [0.2, 0.25) is 0 Å². The van der Waals surface area contributed by atoms with E-state index in [9.17, 15) is 22.4 Å². The first kappa shape index (κ1) is 13.8. The third-order valence-electron chi connectivity index (χ3n) is 0.625. The molecule has 0 bridgehead atoms. The van der Waals surface area contributed by atoms with E-state index >= 15 is 0 Å². The number of rotatable bonds is 1. The standard InChI is InChI=1S/C3HClF4O2.Mg.2H/c4-2(5,1(9)10)3(6,7)8;;;/h(H,9,10);;;. The summed E-state index contributed by atoms with van der Waals surface area (Å²) in [5, 5.41) is 2.88. The van der Waals surface area contributed by atoms with Gasteiger partial charge in [-0.3, -0.25) is 0 Å². The van der Waals surface area contributed by atoms with Gasteiger partial charge in [-0.05, 0) is 0 Å². The van der Waals surface area contributed by atoms with Gasteiger partial charge in [0.1, 0.15) is 0 Å². The molecule has 64 valence electrons. The molecule has 11 heavy (non-hydrogen) atoms. The fourth-order valence-corrected chi connectivity index (χ4v) is 0.121. The van der Waals surface area contributed by atoms with Gasteiger partial charge in [0.25, 0.3) is 0 Å². The number of carboxylic acid groups (broad SMARTS) is 1. The van der Waals surface area contributed by atoms with E-state index in [2.05, 4.69) is 11.6 Å². The van der Waals surface area contributed by atoms with Crippen LogP contribution in [0.25, 0.3) is 0 Å². The molecule has 1 atom stereocenters. The first-order valence-electron chi connectivity index (χ1n) is 1.87. The molecule has 1 N–H and O–H groups in total. The van der Waals surface area contributed by atoms with Crippen LogP contribution in [0.5, 0.6) is 0 Å². The average molecular weight is 207 g/mol. The minimum Gasteiger partial charge on any atom is -0.478 e. The Labute approximate surface area is 79.7 Å². The Morgan fingerprint density at radius 3 is 1.55 bits per heavy atom. The Balaban J connectivity index is 0. The van der Waals surface area contributed by atoms with Crippen LogP contribution in [0.1, 0.15) is 0 Å². The van der Waals surface area contributed by atoms with Crippen LogP contribution < -0.4 is 0 Å². The highest BCUT2D eigenvalue weighted by molar-refractivity contribution is 6.33. The lowest BCUT2D eigenvalue weighted by atomic mass is 10.4. The molecule has 0 aliphatic heterocycles. The minimum absolute atomic E-state index is 0.